The van der Waals surface area contributed by atoms with Crippen molar-refractivity contribution in [2.75, 3.05) is 4.90 Å². The average Bonchev–Trinajstić information content (AvgIpc) is 2.61. The van der Waals surface area contributed by atoms with Gasteiger partial charge < -0.3 is 5.11 Å². The van der Waals surface area contributed by atoms with Crippen LogP contribution in [0.5, 0.6) is 5.75 Å². The number of rotatable bonds is 2. The van der Waals surface area contributed by atoms with Crippen molar-refractivity contribution in [1.82, 2.24) is 4.98 Å². The maximum Gasteiger partial charge on any atom is 0.232 e. The number of anilines is 1. The fourth-order valence-corrected chi connectivity index (χ4v) is 4.19. The Hall–Kier alpha value is -2.95. The second-order valence-corrected chi connectivity index (χ2v) is 8.09. The molecule has 1 unspecified atom stereocenters. The van der Waals surface area contributed by atoms with E-state index in [-0.39, 0.29) is 35.2 Å². The molecule has 0 spiro atoms. The maximum absolute atomic E-state index is 13.1. The van der Waals surface area contributed by atoms with Crippen LogP contribution in [0.25, 0.3) is 0 Å². The minimum Gasteiger partial charge on any atom is -0.508 e. The smallest absolute Gasteiger partial charge is 0.232 e. The van der Waals surface area contributed by atoms with E-state index in [2.05, 4.69) is 18.8 Å². The van der Waals surface area contributed by atoms with Gasteiger partial charge in [-0.05, 0) is 41.7 Å². The molecule has 0 radical (unpaired) electrons. The van der Waals surface area contributed by atoms with Crippen molar-refractivity contribution in [2.24, 2.45) is 5.41 Å². The molecule has 5 heteroatoms. The molecule has 0 fully saturated rings. The molecule has 138 valence electrons. The molecule has 1 aromatic carbocycles. The quantitative estimate of drug-likeness (QED) is 0.878. The minimum atomic E-state index is -0.273. The third-order valence-electron chi connectivity index (χ3n) is 5.34. The van der Waals surface area contributed by atoms with Crippen LogP contribution in [0.1, 0.15) is 44.6 Å². The Bertz CT molecular complexity index is 930. The van der Waals surface area contributed by atoms with Crippen LogP contribution in [0, 0.1) is 5.41 Å². The van der Waals surface area contributed by atoms with E-state index in [1.54, 1.807) is 47.6 Å². The number of benzene rings is 1. The Labute approximate surface area is 158 Å². The molecule has 2 aromatic rings. The van der Waals surface area contributed by atoms with Crippen LogP contribution < -0.4 is 4.90 Å². The first-order valence-electron chi connectivity index (χ1n) is 9.14. The Morgan fingerprint density at radius 3 is 2.52 bits per heavy atom. The van der Waals surface area contributed by atoms with Gasteiger partial charge in [-0.1, -0.05) is 26.0 Å². The van der Waals surface area contributed by atoms with Crippen molar-refractivity contribution >= 4 is 17.4 Å². The van der Waals surface area contributed by atoms with E-state index in [9.17, 15) is 14.7 Å². The van der Waals surface area contributed by atoms with Gasteiger partial charge in [0.05, 0.1) is 11.9 Å². The summed E-state index contributed by atoms with van der Waals surface area (Å²) in [5.41, 5.74) is 2.90. The fourth-order valence-electron chi connectivity index (χ4n) is 4.19. The molecule has 2 heterocycles. The number of pyridine rings is 1. The number of allylic oxidation sites excluding steroid dienone is 2. The molecule has 4 rings (SSSR count). The lowest BCUT2D eigenvalue weighted by atomic mass is 9.69. The first-order valence-corrected chi connectivity index (χ1v) is 9.14. The molecular weight excluding hydrogens is 340 g/mol. The Morgan fingerprint density at radius 2 is 1.85 bits per heavy atom. The number of ketones is 1. The molecule has 1 aromatic heterocycles. The maximum atomic E-state index is 13.1. The predicted octanol–water partition coefficient (Wildman–Crippen LogP) is 3.95. The molecule has 0 saturated heterocycles. The Morgan fingerprint density at radius 1 is 1.11 bits per heavy atom. The zero-order valence-electron chi connectivity index (χ0n) is 15.5. The molecular formula is C22H22N2O3. The van der Waals surface area contributed by atoms with Crippen molar-refractivity contribution in [3.63, 3.8) is 0 Å². The van der Waals surface area contributed by atoms with Gasteiger partial charge in [-0.3, -0.25) is 19.5 Å². The molecule has 1 aliphatic heterocycles. The number of Topliss-reactive ketones (excluding diaryl/α,β-unsaturated/α-hetero) is 1. The first kappa shape index (κ1) is 17.5. The lowest BCUT2D eigenvalue weighted by Gasteiger charge is -2.42. The van der Waals surface area contributed by atoms with E-state index in [0.29, 0.717) is 18.5 Å². The summed E-state index contributed by atoms with van der Waals surface area (Å²) >= 11 is 0. The largest absolute Gasteiger partial charge is 0.508 e. The number of phenols is 1. The summed E-state index contributed by atoms with van der Waals surface area (Å²) in [5, 5.41) is 9.59. The van der Waals surface area contributed by atoms with Crippen molar-refractivity contribution < 1.29 is 14.7 Å². The van der Waals surface area contributed by atoms with Crippen LogP contribution in [-0.4, -0.2) is 21.8 Å². The van der Waals surface area contributed by atoms with Crippen LogP contribution >= 0.6 is 0 Å². The number of aromatic hydroxyl groups is 1. The monoisotopic (exact) mass is 362 g/mol. The van der Waals surface area contributed by atoms with Gasteiger partial charge in [0.1, 0.15) is 5.75 Å². The number of hydrogen-bond acceptors (Lipinski definition) is 4. The van der Waals surface area contributed by atoms with Crippen LogP contribution in [0.3, 0.4) is 0 Å². The van der Waals surface area contributed by atoms with Crippen LogP contribution in [0.2, 0.25) is 0 Å². The van der Waals surface area contributed by atoms with Crippen LogP contribution in [-0.2, 0) is 9.59 Å². The topological polar surface area (TPSA) is 70.5 Å². The SMILES string of the molecule is CC1(C)CC(=O)C2=C(C1)N(c1cccnc1)C(=O)CC2c1ccc(O)cc1. The summed E-state index contributed by atoms with van der Waals surface area (Å²) in [7, 11) is 0. The lowest BCUT2D eigenvalue weighted by molar-refractivity contribution is -0.121. The van der Waals surface area contributed by atoms with Gasteiger partial charge in [-0.25, -0.2) is 0 Å². The van der Waals surface area contributed by atoms with Crippen molar-refractivity contribution in [3.8, 4) is 5.75 Å². The Kier molecular flexibility index (Phi) is 4.10. The number of carbonyl (C=O) groups excluding carboxylic acids is 2. The highest BCUT2D eigenvalue weighted by molar-refractivity contribution is 6.07. The van der Waals surface area contributed by atoms with Crippen LogP contribution in [0.4, 0.5) is 5.69 Å². The summed E-state index contributed by atoms with van der Waals surface area (Å²) in [5.74, 6) is -0.0427. The standard InChI is InChI=1S/C22H22N2O3/c1-22(2)11-18-21(19(26)12-22)17(14-5-7-16(25)8-6-14)10-20(27)24(18)15-4-3-9-23-13-15/h3-9,13,17,25H,10-12H2,1-2H3. The molecule has 1 N–H and O–H groups in total. The summed E-state index contributed by atoms with van der Waals surface area (Å²) in [6.45, 7) is 4.12. The molecule has 2 aliphatic rings. The van der Waals surface area contributed by atoms with Crippen molar-refractivity contribution in [1.29, 1.82) is 0 Å². The van der Waals surface area contributed by atoms with Gasteiger partial charge >= 0.3 is 0 Å². The number of aromatic nitrogens is 1. The highest BCUT2D eigenvalue weighted by Gasteiger charge is 2.44. The first-order chi connectivity index (χ1) is 12.9. The average molecular weight is 362 g/mol. The normalized spacial score (nSPS) is 22.0. The van der Waals surface area contributed by atoms with E-state index in [1.165, 1.54) is 0 Å². The summed E-state index contributed by atoms with van der Waals surface area (Å²) in [4.78, 5) is 32.1. The van der Waals surface area contributed by atoms with E-state index in [1.807, 2.05) is 6.07 Å². The van der Waals surface area contributed by atoms with Gasteiger partial charge in [0, 0.05) is 36.2 Å². The molecule has 1 aliphatic carbocycles. The number of amides is 1. The fraction of sp³-hybridized carbons (Fsp3) is 0.318. The Balaban J connectivity index is 1.89. The van der Waals surface area contributed by atoms with Crippen molar-refractivity contribution in [2.45, 2.75) is 39.0 Å². The number of phenolic OH excluding ortho intramolecular Hbond substituents is 1. The molecule has 1 amide bonds. The lowest BCUT2D eigenvalue weighted by Crippen LogP contribution is -2.43. The van der Waals surface area contributed by atoms with E-state index < -0.39 is 0 Å². The van der Waals surface area contributed by atoms with Gasteiger partial charge in [0.15, 0.2) is 5.78 Å². The van der Waals surface area contributed by atoms with Gasteiger partial charge in [0.25, 0.3) is 0 Å². The second-order valence-electron chi connectivity index (χ2n) is 8.09. The number of carbonyl (C=O) groups is 2. The zero-order valence-corrected chi connectivity index (χ0v) is 15.5. The predicted molar refractivity (Wildman–Crippen MR) is 102 cm³/mol. The van der Waals surface area contributed by atoms with Gasteiger partial charge in [-0.15, -0.1) is 0 Å². The van der Waals surface area contributed by atoms with Gasteiger partial charge in [-0.2, -0.15) is 0 Å². The van der Waals surface area contributed by atoms with Gasteiger partial charge in [0.2, 0.25) is 5.91 Å². The molecule has 0 bridgehead atoms. The number of nitrogens with zero attached hydrogens (tertiary/aromatic N) is 2. The van der Waals surface area contributed by atoms with E-state index in [0.717, 1.165) is 16.8 Å². The van der Waals surface area contributed by atoms with Crippen LogP contribution in [0.15, 0.2) is 60.1 Å². The molecule has 0 saturated carbocycles. The molecule has 27 heavy (non-hydrogen) atoms. The molecule has 5 nitrogen and oxygen atoms in total. The molecule has 1 atom stereocenters. The highest BCUT2D eigenvalue weighted by atomic mass is 16.3. The third kappa shape index (κ3) is 3.14. The minimum absolute atomic E-state index is 0.0367. The summed E-state index contributed by atoms with van der Waals surface area (Å²) in [6.07, 6.45) is 4.68. The zero-order chi connectivity index (χ0) is 19.2. The van der Waals surface area contributed by atoms with Crippen molar-refractivity contribution in [3.05, 3.63) is 65.6 Å². The number of hydrogen-bond donors (Lipinski definition) is 1. The highest BCUT2D eigenvalue weighted by Crippen LogP contribution is 2.48. The van der Waals surface area contributed by atoms with E-state index >= 15 is 0 Å². The summed E-state index contributed by atoms with van der Waals surface area (Å²) in [6, 6.07) is 10.4. The third-order valence-corrected chi connectivity index (χ3v) is 5.34. The van der Waals surface area contributed by atoms with E-state index in [4.69, 9.17) is 0 Å². The summed E-state index contributed by atoms with van der Waals surface area (Å²) < 4.78 is 0. The second kappa shape index (κ2) is 6.34.